The molecule has 0 amide bonds. The van der Waals surface area contributed by atoms with Crippen molar-refractivity contribution in [2.24, 2.45) is 0 Å². The minimum absolute atomic E-state index is 0.114. The standard InChI is InChI=1S/C24H27ClN2O3/c1-2-29-23(28)13-16-7-4-3-5-9-20-24(16)19-12-11-18(14-21(19)27-20)30-15-17-8-6-10-22(25)26-17/h6,8,10-12,14,16,27H,2-5,7,9,13,15H2,1H3. The lowest BCUT2D eigenvalue weighted by Crippen LogP contribution is -2.13. The van der Waals surface area contributed by atoms with E-state index in [1.807, 2.05) is 31.2 Å². The summed E-state index contributed by atoms with van der Waals surface area (Å²) in [5, 5.41) is 1.64. The first-order valence-electron chi connectivity index (χ1n) is 10.7. The zero-order chi connectivity index (χ0) is 20.9. The molecule has 1 N–H and O–H groups in total. The molecule has 1 atom stereocenters. The van der Waals surface area contributed by atoms with Crippen LogP contribution in [0.4, 0.5) is 0 Å². The quantitative estimate of drug-likeness (QED) is 0.390. The van der Waals surface area contributed by atoms with Crippen molar-refractivity contribution in [1.29, 1.82) is 0 Å². The van der Waals surface area contributed by atoms with Gasteiger partial charge in [0.2, 0.25) is 0 Å². The molecule has 0 aliphatic heterocycles. The van der Waals surface area contributed by atoms with Crippen LogP contribution in [0, 0.1) is 0 Å². The second-order valence-electron chi connectivity index (χ2n) is 7.77. The summed E-state index contributed by atoms with van der Waals surface area (Å²) >= 11 is 5.95. The molecule has 0 fully saturated rings. The molecule has 1 aromatic carbocycles. The van der Waals surface area contributed by atoms with E-state index in [0.717, 1.165) is 42.6 Å². The zero-order valence-electron chi connectivity index (χ0n) is 17.2. The predicted octanol–water partition coefficient (Wildman–Crippen LogP) is 5.95. The summed E-state index contributed by atoms with van der Waals surface area (Å²) in [6.45, 7) is 2.64. The van der Waals surface area contributed by atoms with Gasteiger partial charge in [-0.3, -0.25) is 4.79 Å². The molecule has 0 spiro atoms. The van der Waals surface area contributed by atoms with Gasteiger partial charge >= 0.3 is 5.97 Å². The summed E-state index contributed by atoms with van der Waals surface area (Å²) in [4.78, 5) is 20.1. The van der Waals surface area contributed by atoms with Gasteiger partial charge in [0.15, 0.2) is 0 Å². The van der Waals surface area contributed by atoms with Crippen LogP contribution in [0.15, 0.2) is 36.4 Å². The fraction of sp³-hybridized carbons (Fsp3) is 0.417. The van der Waals surface area contributed by atoms with E-state index in [9.17, 15) is 4.79 Å². The van der Waals surface area contributed by atoms with Gasteiger partial charge in [-0.1, -0.05) is 30.5 Å². The first kappa shape index (κ1) is 20.7. The maximum Gasteiger partial charge on any atom is 0.306 e. The molecule has 0 bridgehead atoms. The number of rotatable bonds is 6. The molecule has 5 nitrogen and oxygen atoms in total. The number of halogens is 1. The number of benzene rings is 1. The molecule has 1 unspecified atom stereocenters. The Morgan fingerprint density at radius 3 is 2.97 bits per heavy atom. The van der Waals surface area contributed by atoms with E-state index in [1.165, 1.54) is 23.1 Å². The van der Waals surface area contributed by atoms with Crippen molar-refractivity contribution < 1.29 is 14.3 Å². The number of hydrogen-bond donors (Lipinski definition) is 1. The van der Waals surface area contributed by atoms with Crippen molar-refractivity contribution in [2.45, 2.75) is 58.0 Å². The van der Waals surface area contributed by atoms with Gasteiger partial charge < -0.3 is 14.5 Å². The number of aryl methyl sites for hydroxylation is 1. The van der Waals surface area contributed by atoms with Gasteiger partial charge in [0, 0.05) is 22.7 Å². The average Bonchev–Trinajstić information content (AvgIpc) is 3.06. The number of nitrogens with zero attached hydrogens (tertiary/aromatic N) is 1. The molecular formula is C24H27ClN2O3. The van der Waals surface area contributed by atoms with E-state index in [0.29, 0.717) is 24.8 Å². The van der Waals surface area contributed by atoms with Gasteiger partial charge in [-0.15, -0.1) is 0 Å². The number of pyridine rings is 1. The third-order valence-corrected chi connectivity index (χ3v) is 5.87. The van der Waals surface area contributed by atoms with E-state index >= 15 is 0 Å². The Bertz CT molecular complexity index is 1030. The van der Waals surface area contributed by atoms with Crippen LogP contribution in [0.1, 0.15) is 61.9 Å². The van der Waals surface area contributed by atoms with Gasteiger partial charge in [-0.25, -0.2) is 4.98 Å². The van der Waals surface area contributed by atoms with E-state index in [2.05, 4.69) is 16.0 Å². The highest BCUT2D eigenvalue weighted by Crippen LogP contribution is 2.38. The highest BCUT2D eigenvalue weighted by Gasteiger charge is 2.25. The number of H-pyrrole nitrogens is 1. The third kappa shape index (κ3) is 4.78. The third-order valence-electron chi connectivity index (χ3n) is 5.66. The lowest BCUT2D eigenvalue weighted by molar-refractivity contribution is -0.143. The van der Waals surface area contributed by atoms with E-state index in [1.54, 1.807) is 6.07 Å². The van der Waals surface area contributed by atoms with Crippen LogP contribution in [0.5, 0.6) is 5.75 Å². The molecule has 0 saturated carbocycles. The first-order chi connectivity index (χ1) is 14.6. The molecule has 4 rings (SSSR count). The van der Waals surface area contributed by atoms with Crippen LogP contribution in [0.3, 0.4) is 0 Å². The Morgan fingerprint density at radius 2 is 2.13 bits per heavy atom. The number of nitrogens with one attached hydrogen (secondary N) is 1. The second-order valence-corrected chi connectivity index (χ2v) is 8.16. The second kappa shape index (κ2) is 9.52. The number of aromatic nitrogens is 2. The minimum atomic E-state index is -0.114. The molecule has 30 heavy (non-hydrogen) atoms. The van der Waals surface area contributed by atoms with Crippen molar-refractivity contribution in [3.8, 4) is 5.75 Å². The van der Waals surface area contributed by atoms with Crippen molar-refractivity contribution >= 4 is 28.5 Å². The van der Waals surface area contributed by atoms with E-state index < -0.39 is 0 Å². The monoisotopic (exact) mass is 426 g/mol. The minimum Gasteiger partial charge on any atom is -0.487 e. The molecular weight excluding hydrogens is 400 g/mol. The summed E-state index contributed by atoms with van der Waals surface area (Å²) in [5.74, 6) is 0.855. The highest BCUT2D eigenvalue weighted by atomic mass is 35.5. The number of carbonyl (C=O) groups excluding carboxylic acids is 1. The van der Waals surface area contributed by atoms with Crippen molar-refractivity contribution in [1.82, 2.24) is 9.97 Å². The molecule has 1 aliphatic rings. The van der Waals surface area contributed by atoms with E-state index in [-0.39, 0.29) is 11.9 Å². The maximum atomic E-state index is 12.2. The molecule has 0 saturated heterocycles. The molecule has 2 heterocycles. The van der Waals surface area contributed by atoms with Crippen LogP contribution in [-0.4, -0.2) is 22.5 Å². The number of aromatic amines is 1. The summed E-state index contributed by atoms with van der Waals surface area (Å²) in [5.41, 5.74) is 4.36. The lowest BCUT2D eigenvalue weighted by Gasteiger charge is -2.20. The highest BCUT2D eigenvalue weighted by molar-refractivity contribution is 6.29. The van der Waals surface area contributed by atoms with Crippen LogP contribution < -0.4 is 4.74 Å². The number of hydrogen-bond acceptors (Lipinski definition) is 4. The Balaban J connectivity index is 1.60. The van der Waals surface area contributed by atoms with Gasteiger partial charge in [-0.2, -0.15) is 0 Å². The molecule has 158 valence electrons. The van der Waals surface area contributed by atoms with E-state index in [4.69, 9.17) is 21.1 Å². The predicted molar refractivity (Wildman–Crippen MR) is 118 cm³/mol. The smallest absolute Gasteiger partial charge is 0.306 e. The van der Waals surface area contributed by atoms with Crippen LogP contribution in [0.25, 0.3) is 10.9 Å². The molecule has 3 aromatic rings. The van der Waals surface area contributed by atoms with Crippen LogP contribution in [-0.2, 0) is 22.6 Å². The molecule has 6 heteroatoms. The van der Waals surface area contributed by atoms with Gasteiger partial charge in [0.05, 0.1) is 18.7 Å². The van der Waals surface area contributed by atoms with Crippen molar-refractivity contribution in [3.63, 3.8) is 0 Å². The fourth-order valence-electron chi connectivity index (χ4n) is 4.33. The Hall–Kier alpha value is -2.53. The average molecular weight is 427 g/mol. The summed E-state index contributed by atoms with van der Waals surface area (Å²) in [6, 6.07) is 11.6. The summed E-state index contributed by atoms with van der Waals surface area (Å²) < 4.78 is 11.2. The Labute approximate surface area is 181 Å². The Morgan fingerprint density at radius 1 is 1.23 bits per heavy atom. The first-order valence-corrected chi connectivity index (χ1v) is 11.1. The van der Waals surface area contributed by atoms with Crippen molar-refractivity contribution in [2.75, 3.05) is 6.61 Å². The van der Waals surface area contributed by atoms with Gasteiger partial charge in [-0.05, 0) is 61.9 Å². The largest absolute Gasteiger partial charge is 0.487 e. The number of ether oxygens (including phenoxy) is 2. The number of carbonyl (C=O) groups is 1. The van der Waals surface area contributed by atoms with Crippen LogP contribution >= 0.6 is 11.6 Å². The van der Waals surface area contributed by atoms with Gasteiger partial charge in [0.25, 0.3) is 0 Å². The molecule has 2 aromatic heterocycles. The van der Waals surface area contributed by atoms with Crippen LogP contribution in [0.2, 0.25) is 5.15 Å². The topological polar surface area (TPSA) is 64.2 Å². The Kier molecular flexibility index (Phi) is 6.58. The fourth-order valence-corrected chi connectivity index (χ4v) is 4.52. The SMILES string of the molecule is CCOC(=O)CC1CCCCCc2[nH]c3cc(OCc4cccc(Cl)n4)ccc3c21. The maximum absolute atomic E-state index is 12.2. The molecule has 1 aliphatic carbocycles. The zero-order valence-corrected chi connectivity index (χ0v) is 18.0. The normalized spacial score (nSPS) is 16.5. The number of fused-ring (bicyclic) bond motifs is 3. The van der Waals surface area contributed by atoms with Gasteiger partial charge in [0.1, 0.15) is 17.5 Å². The number of esters is 1. The lowest BCUT2D eigenvalue weighted by atomic mass is 9.85. The molecule has 0 radical (unpaired) electrons. The summed E-state index contributed by atoms with van der Waals surface area (Å²) in [6.07, 6.45) is 5.95. The van der Waals surface area contributed by atoms with Crippen molar-refractivity contribution in [3.05, 3.63) is 58.5 Å². The summed E-state index contributed by atoms with van der Waals surface area (Å²) in [7, 11) is 0.